The molecule has 1 saturated heterocycles. The Morgan fingerprint density at radius 3 is 2.75 bits per heavy atom. The summed E-state index contributed by atoms with van der Waals surface area (Å²) in [6.07, 6.45) is -3.58. The highest BCUT2D eigenvalue weighted by atomic mass is 19.4. The molecule has 0 aliphatic carbocycles. The largest absolute Gasteiger partial charge is 0.523 e. The predicted octanol–water partition coefficient (Wildman–Crippen LogP) is 0.733. The Morgan fingerprint density at radius 1 is 1.56 bits per heavy atom. The lowest BCUT2D eigenvalue weighted by Gasteiger charge is -2.19. The molecule has 0 bridgehead atoms. The van der Waals surface area contributed by atoms with E-state index in [-0.39, 0.29) is 11.8 Å². The van der Waals surface area contributed by atoms with Crippen molar-refractivity contribution < 1.29 is 22.7 Å². The number of carbonyl (C=O) groups excluding carboxylic acids is 1. The normalized spacial score (nSPS) is 22.1. The number of halogens is 3. The third-order valence-electron chi connectivity index (χ3n) is 2.40. The number of carbonyl (C=O) groups is 1. The van der Waals surface area contributed by atoms with E-state index >= 15 is 0 Å². The molecule has 16 heavy (non-hydrogen) atoms. The molecule has 0 amide bonds. The van der Waals surface area contributed by atoms with Gasteiger partial charge in [0.05, 0.1) is 6.04 Å². The lowest BCUT2D eigenvalue weighted by atomic mass is 10.1. The molecule has 0 aromatic rings. The Kier molecular flexibility index (Phi) is 4.69. The lowest BCUT2D eigenvalue weighted by Crippen LogP contribution is -2.34. The highest BCUT2D eigenvalue weighted by Crippen LogP contribution is 2.16. The van der Waals surface area contributed by atoms with Gasteiger partial charge in [-0.25, -0.2) is 0 Å². The van der Waals surface area contributed by atoms with Crippen molar-refractivity contribution in [1.29, 1.82) is 0 Å². The van der Waals surface area contributed by atoms with Crippen LogP contribution in [0, 0.1) is 0 Å². The number of hydrogen-bond donors (Lipinski definition) is 1. The highest BCUT2D eigenvalue weighted by Gasteiger charge is 2.30. The number of ether oxygens (including phenoxy) is 1. The average molecular weight is 240 g/mol. The summed E-state index contributed by atoms with van der Waals surface area (Å²) in [6, 6.07) is -0.215. The Hall–Kier alpha value is -0.660. The van der Waals surface area contributed by atoms with E-state index in [1.807, 2.05) is 0 Å². The van der Waals surface area contributed by atoms with Gasteiger partial charge in [-0.1, -0.05) is 0 Å². The van der Waals surface area contributed by atoms with E-state index in [4.69, 9.17) is 0 Å². The zero-order valence-corrected chi connectivity index (χ0v) is 9.01. The molecule has 7 heteroatoms. The molecule has 1 heterocycles. The molecular weight excluding hydrogens is 225 g/mol. The van der Waals surface area contributed by atoms with E-state index in [0.29, 0.717) is 25.9 Å². The SMILES string of the molecule is CN(CCC1NCCC1=O)COC(F)(F)F. The number of nitrogens with one attached hydrogen (secondary N) is 1. The first kappa shape index (κ1) is 13.4. The monoisotopic (exact) mass is 240 g/mol. The number of ketones is 1. The Labute approximate surface area is 91.7 Å². The third kappa shape index (κ3) is 4.91. The average Bonchev–Trinajstić information content (AvgIpc) is 2.57. The van der Waals surface area contributed by atoms with Gasteiger partial charge in [-0.15, -0.1) is 13.2 Å². The van der Waals surface area contributed by atoms with Crippen molar-refractivity contribution in [2.24, 2.45) is 0 Å². The molecule has 1 N–H and O–H groups in total. The number of nitrogens with zero attached hydrogens (tertiary/aromatic N) is 1. The minimum absolute atomic E-state index is 0.130. The van der Waals surface area contributed by atoms with Crippen LogP contribution in [-0.2, 0) is 9.53 Å². The van der Waals surface area contributed by atoms with Gasteiger partial charge in [0.25, 0.3) is 0 Å². The molecule has 0 radical (unpaired) electrons. The lowest BCUT2D eigenvalue weighted by molar-refractivity contribution is -0.335. The van der Waals surface area contributed by atoms with Gasteiger partial charge in [-0.3, -0.25) is 14.4 Å². The van der Waals surface area contributed by atoms with Gasteiger partial charge in [0.15, 0.2) is 5.78 Å². The number of Topliss-reactive ketones (excluding diaryl/α,β-unsaturated/α-hetero) is 1. The molecule has 4 nitrogen and oxygen atoms in total. The van der Waals surface area contributed by atoms with Gasteiger partial charge in [0.2, 0.25) is 0 Å². The molecule has 0 aromatic heterocycles. The Balaban J connectivity index is 2.15. The summed E-state index contributed by atoms with van der Waals surface area (Å²) in [6.45, 7) is 0.538. The van der Waals surface area contributed by atoms with Crippen LogP contribution in [-0.4, -0.2) is 50.0 Å². The first-order valence-corrected chi connectivity index (χ1v) is 5.04. The minimum Gasteiger partial charge on any atom is -0.307 e. The molecule has 0 aromatic carbocycles. The summed E-state index contributed by atoms with van der Waals surface area (Å²) >= 11 is 0. The summed E-state index contributed by atoms with van der Waals surface area (Å²) in [5, 5.41) is 2.99. The molecule has 94 valence electrons. The second-order valence-electron chi connectivity index (χ2n) is 3.81. The van der Waals surface area contributed by atoms with Crippen molar-refractivity contribution in [2.75, 3.05) is 26.9 Å². The van der Waals surface area contributed by atoms with Crippen molar-refractivity contribution in [1.82, 2.24) is 10.2 Å². The van der Waals surface area contributed by atoms with Gasteiger partial charge < -0.3 is 5.32 Å². The zero-order valence-electron chi connectivity index (χ0n) is 9.01. The fraction of sp³-hybridized carbons (Fsp3) is 0.889. The van der Waals surface area contributed by atoms with E-state index in [9.17, 15) is 18.0 Å². The van der Waals surface area contributed by atoms with Crippen molar-refractivity contribution in [2.45, 2.75) is 25.2 Å². The molecule has 1 aliphatic rings. The number of alkyl halides is 3. The molecule has 0 saturated carbocycles. The van der Waals surface area contributed by atoms with E-state index in [1.165, 1.54) is 11.9 Å². The van der Waals surface area contributed by atoms with Crippen LogP contribution in [0.2, 0.25) is 0 Å². The minimum atomic E-state index is -4.60. The van der Waals surface area contributed by atoms with Gasteiger partial charge in [0, 0.05) is 19.5 Å². The van der Waals surface area contributed by atoms with Crippen LogP contribution in [0.1, 0.15) is 12.8 Å². The zero-order chi connectivity index (χ0) is 12.2. The van der Waals surface area contributed by atoms with Crippen molar-refractivity contribution in [3.8, 4) is 0 Å². The summed E-state index contributed by atoms with van der Waals surface area (Å²) in [7, 11) is 1.52. The molecule has 1 atom stereocenters. The van der Waals surface area contributed by atoms with Crippen molar-refractivity contribution in [3.63, 3.8) is 0 Å². The van der Waals surface area contributed by atoms with E-state index in [2.05, 4.69) is 10.1 Å². The maximum atomic E-state index is 11.7. The molecule has 1 fully saturated rings. The van der Waals surface area contributed by atoms with E-state index in [0.717, 1.165) is 0 Å². The molecule has 0 spiro atoms. The summed E-state index contributed by atoms with van der Waals surface area (Å²) in [5.74, 6) is 0.130. The molecule has 1 unspecified atom stereocenters. The smallest absolute Gasteiger partial charge is 0.307 e. The van der Waals surface area contributed by atoms with Crippen molar-refractivity contribution in [3.05, 3.63) is 0 Å². The van der Waals surface area contributed by atoms with E-state index < -0.39 is 13.1 Å². The highest BCUT2D eigenvalue weighted by molar-refractivity contribution is 5.86. The van der Waals surface area contributed by atoms with Crippen LogP contribution in [0.3, 0.4) is 0 Å². The van der Waals surface area contributed by atoms with Crippen LogP contribution in [0.4, 0.5) is 13.2 Å². The third-order valence-corrected chi connectivity index (χ3v) is 2.40. The van der Waals surface area contributed by atoms with Crippen LogP contribution >= 0.6 is 0 Å². The molecular formula is C9H15F3N2O2. The fourth-order valence-electron chi connectivity index (χ4n) is 1.52. The first-order valence-electron chi connectivity index (χ1n) is 5.04. The van der Waals surface area contributed by atoms with Gasteiger partial charge in [0.1, 0.15) is 6.73 Å². The van der Waals surface area contributed by atoms with Crippen LogP contribution in [0.15, 0.2) is 0 Å². The first-order chi connectivity index (χ1) is 7.38. The van der Waals surface area contributed by atoms with Crippen LogP contribution in [0.25, 0.3) is 0 Å². The maximum absolute atomic E-state index is 11.7. The molecule has 1 rings (SSSR count). The van der Waals surface area contributed by atoms with Gasteiger partial charge >= 0.3 is 6.36 Å². The summed E-state index contributed by atoms with van der Waals surface area (Å²) in [4.78, 5) is 12.6. The fourth-order valence-corrected chi connectivity index (χ4v) is 1.52. The van der Waals surface area contributed by atoms with E-state index in [1.54, 1.807) is 0 Å². The quantitative estimate of drug-likeness (QED) is 0.719. The van der Waals surface area contributed by atoms with Gasteiger partial charge in [-0.05, 0) is 13.5 Å². The second kappa shape index (κ2) is 5.60. The summed E-state index contributed by atoms with van der Waals surface area (Å²) in [5.41, 5.74) is 0. The standard InChI is InChI=1S/C9H15F3N2O2/c1-14(6-16-9(10,11)12)5-3-7-8(15)2-4-13-7/h7,13H,2-6H2,1H3. The van der Waals surface area contributed by atoms with Crippen molar-refractivity contribution >= 4 is 5.78 Å². The maximum Gasteiger partial charge on any atom is 0.523 e. The van der Waals surface area contributed by atoms with Crippen LogP contribution < -0.4 is 5.32 Å². The topological polar surface area (TPSA) is 41.6 Å². The summed E-state index contributed by atoms with van der Waals surface area (Å²) < 4.78 is 38.8. The molecule has 1 aliphatic heterocycles. The van der Waals surface area contributed by atoms with Gasteiger partial charge in [-0.2, -0.15) is 0 Å². The Bertz CT molecular complexity index is 245. The number of rotatable bonds is 5. The predicted molar refractivity (Wildman–Crippen MR) is 50.7 cm³/mol. The Morgan fingerprint density at radius 2 is 2.25 bits per heavy atom. The second-order valence-corrected chi connectivity index (χ2v) is 3.81. The van der Waals surface area contributed by atoms with Crippen LogP contribution in [0.5, 0.6) is 0 Å². The number of hydrogen-bond acceptors (Lipinski definition) is 4.